The molecule has 0 radical (unpaired) electrons. The van der Waals surface area contributed by atoms with Crippen molar-refractivity contribution < 1.29 is 4.74 Å². The van der Waals surface area contributed by atoms with Gasteiger partial charge in [-0.3, -0.25) is 0 Å². The van der Waals surface area contributed by atoms with E-state index in [-0.39, 0.29) is 0 Å². The van der Waals surface area contributed by atoms with Gasteiger partial charge < -0.3 is 10.1 Å². The Morgan fingerprint density at radius 1 is 1.18 bits per heavy atom. The third kappa shape index (κ3) is 2.26. The average Bonchev–Trinajstić information content (AvgIpc) is 2.21. The van der Waals surface area contributed by atoms with E-state index in [4.69, 9.17) is 4.74 Å². The van der Waals surface area contributed by atoms with E-state index < -0.39 is 0 Å². The van der Waals surface area contributed by atoms with Gasteiger partial charge in [-0.1, -0.05) is 6.92 Å². The molecule has 0 saturated heterocycles. The minimum atomic E-state index is 0.645. The molecule has 4 rings (SSSR count). The molecule has 4 fully saturated rings. The molecule has 0 spiro atoms. The molecular formula is C15H27NO. The molecule has 0 amide bonds. The Morgan fingerprint density at radius 2 is 1.88 bits per heavy atom. The van der Waals surface area contributed by atoms with Crippen LogP contribution in [-0.2, 0) is 4.74 Å². The topological polar surface area (TPSA) is 21.3 Å². The molecule has 0 aliphatic heterocycles. The van der Waals surface area contributed by atoms with Crippen LogP contribution < -0.4 is 5.32 Å². The summed E-state index contributed by atoms with van der Waals surface area (Å²) >= 11 is 0. The van der Waals surface area contributed by atoms with Crippen LogP contribution in [0.5, 0.6) is 0 Å². The van der Waals surface area contributed by atoms with Gasteiger partial charge >= 0.3 is 0 Å². The maximum atomic E-state index is 5.12. The van der Waals surface area contributed by atoms with Gasteiger partial charge in [0, 0.05) is 20.2 Å². The number of ether oxygens (including phenoxy) is 1. The molecule has 4 aliphatic rings. The van der Waals surface area contributed by atoms with Gasteiger partial charge in [0.05, 0.1) is 6.61 Å². The Bertz CT molecular complexity index is 275. The fourth-order valence-corrected chi connectivity index (χ4v) is 5.66. The van der Waals surface area contributed by atoms with Crippen LogP contribution in [0.3, 0.4) is 0 Å². The molecule has 0 aromatic rings. The second kappa shape index (κ2) is 4.24. The first-order valence-corrected chi connectivity index (χ1v) is 7.33. The van der Waals surface area contributed by atoms with E-state index >= 15 is 0 Å². The predicted octanol–water partition coefficient (Wildman–Crippen LogP) is 2.83. The second-order valence-corrected chi connectivity index (χ2v) is 7.44. The summed E-state index contributed by atoms with van der Waals surface area (Å²) in [5, 5.41) is 3.64. The number of nitrogens with one attached hydrogen (secondary N) is 1. The summed E-state index contributed by atoms with van der Waals surface area (Å²) in [6, 6.07) is 0. The van der Waals surface area contributed by atoms with Crippen LogP contribution >= 0.6 is 0 Å². The molecule has 1 N–H and O–H groups in total. The summed E-state index contributed by atoms with van der Waals surface area (Å²) < 4.78 is 5.12. The molecule has 2 heteroatoms. The van der Waals surface area contributed by atoms with E-state index in [0.29, 0.717) is 10.8 Å². The molecule has 4 bridgehead atoms. The highest BCUT2D eigenvalue weighted by Crippen LogP contribution is 2.64. The second-order valence-electron chi connectivity index (χ2n) is 7.44. The Labute approximate surface area is 105 Å². The Hall–Kier alpha value is -0.0800. The summed E-state index contributed by atoms with van der Waals surface area (Å²) in [6.45, 7) is 5.65. The first-order chi connectivity index (χ1) is 8.13. The molecule has 2 atom stereocenters. The molecule has 98 valence electrons. The lowest BCUT2D eigenvalue weighted by Gasteiger charge is -2.61. The minimum absolute atomic E-state index is 0.645. The maximum Gasteiger partial charge on any atom is 0.0587 e. The van der Waals surface area contributed by atoms with Crippen LogP contribution in [-0.4, -0.2) is 26.8 Å². The zero-order valence-corrected chi connectivity index (χ0v) is 11.4. The third-order valence-electron chi connectivity index (χ3n) is 5.46. The Morgan fingerprint density at radius 3 is 2.47 bits per heavy atom. The van der Waals surface area contributed by atoms with Crippen LogP contribution in [0.2, 0.25) is 0 Å². The molecule has 17 heavy (non-hydrogen) atoms. The van der Waals surface area contributed by atoms with E-state index in [2.05, 4.69) is 12.2 Å². The van der Waals surface area contributed by atoms with Crippen LogP contribution in [0.1, 0.15) is 45.4 Å². The molecular weight excluding hydrogens is 210 g/mol. The van der Waals surface area contributed by atoms with Crippen LogP contribution in [0.15, 0.2) is 0 Å². The van der Waals surface area contributed by atoms with Crippen molar-refractivity contribution in [2.45, 2.75) is 45.4 Å². The van der Waals surface area contributed by atoms with Crippen molar-refractivity contribution in [3.63, 3.8) is 0 Å². The van der Waals surface area contributed by atoms with Gasteiger partial charge in [-0.05, 0) is 61.2 Å². The van der Waals surface area contributed by atoms with E-state index in [1.807, 2.05) is 0 Å². The van der Waals surface area contributed by atoms with Crippen molar-refractivity contribution in [2.75, 3.05) is 26.8 Å². The van der Waals surface area contributed by atoms with Crippen molar-refractivity contribution in [1.82, 2.24) is 5.32 Å². The lowest BCUT2D eigenvalue weighted by Crippen LogP contribution is -2.54. The average molecular weight is 237 g/mol. The van der Waals surface area contributed by atoms with Gasteiger partial charge in [0.2, 0.25) is 0 Å². The molecule has 2 nitrogen and oxygen atoms in total. The normalized spacial score (nSPS) is 47.6. The maximum absolute atomic E-state index is 5.12. The van der Waals surface area contributed by atoms with Crippen molar-refractivity contribution >= 4 is 0 Å². The SMILES string of the molecule is COCCNCC12CC3CC(CC(C)(C3)C1)C2. The van der Waals surface area contributed by atoms with Crippen molar-refractivity contribution in [1.29, 1.82) is 0 Å². The lowest BCUT2D eigenvalue weighted by molar-refractivity contribution is -0.0999. The molecule has 4 saturated carbocycles. The fraction of sp³-hybridized carbons (Fsp3) is 1.00. The molecule has 2 unspecified atom stereocenters. The largest absolute Gasteiger partial charge is 0.383 e. The van der Waals surface area contributed by atoms with Gasteiger partial charge in [-0.15, -0.1) is 0 Å². The monoisotopic (exact) mass is 237 g/mol. The Kier molecular flexibility index (Phi) is 2.99. The molecule has 0 aromatic carbocycles. The smallest absolute Gasteiger partial charge is 0.0587 e. The van der Waals surface area contributed by atoms with Gasteiger partial charge in [0.15, 0.2) is 0 Å². The van der Waals surface area contributed by atoms with Gasteiger partial charge in [-0.25, -0.2) is 0 Å². The van der Waals surface area contributed by atoms with E-state index in [1.165, 1.54) is 45.1 Å². The van der Waals surface area contributed by atoms with E-state index in [9.17, 15) is 0 Å². The summed E-state index contributed by atoms with van der Waals surface area (Å²) in [5.41, 5.74) is 1.33. The molecule has 0 aromatic heterocycles. The molecule has 4 aliphatic carbocycles. The summed E-state index contributed by atoms with van der Waals surface area (Å²) in [5.74, 6) is 2.09. The summed E-state index contributed by atoms with van der Waals surface area (Å²) in [6.07, 6.45) is 9.05. The van der Waals surface area contributed by atoms with Crippen LogP contribution in [0.25, 0.3) is 0 Å². The van der Waals surface area contributed by atoms with Gasteiger partial charge in [0.25, 0.3) is 0 Å². The quantitative estimate of drug-likeness (QED) is 0.742. The summed E-state index contributed by atoms with van der Waals surface area (Å²) in [7, 11) is 1.79. The highest BCUT2D eigenvalue weighted by Gasteiger charge is 2.55. The first-order valence-electron chi connectivity index (χ1n) is 7.33. The Balaban J connectivity index is 1.62. The van der Waals surface area contributed by atoms with Crippen molar-refractivity contribution in [3.05, 3.63) is 0 Å². The van der Waals surface area contributed by atoms with Gasteiger partial charge in [0.1, 0.15) is 0 Å². The standard InChI is InChI=1S/C15H27NO/c1-14-6-12-5-13(7-14)9-15(8-12,10-14)11-16-3-4-17-2/h12-13,16H,3-11H2,1-2H3. The number of methoxy groups -OCH3 is 1. The summed E-state index contributed by atoms with van der Waals surface area (Å²) in [4.78, 5) is 0. The van der Waals surface area contributed by atoms with E-state index in [0.717, 1.165) is 25.0 Å². The highest BCUT2D eigenvalue weighted by molar-refractivity contribution is 5.06. The third-order valence-corrected chi connectivity index (χ3v) is 5.46. The number of hydrogen-bond donors (Lipinski definition) is 1. The van der Waals surface area contributed by atoms with Crippen LogP contribution in [0.4, 0.5) is 0 Å². The zero-order valence-electron chi connectivity index (χ0n) is 11.4. The lowest BCUT2D eigenvalue weighted by atomic mass is 9.44. The minimum Gasteiger partial charge on any atom is -0.383 e. The fourth-order valence-electron chi connectivity index (χ4n) is 5.66. The highest BCUT2D eigenvalue weighted by atomic mass is 16.5. The predicted molar refractivity (Wildman–Crippen MR) is 70.0 cm³/mol. The van der Waals surface area contributed by atoms with E-state index in [1.54, 1.807) is 7.11 Å². The number of rotatable bonds is 5. The van der Waals surface area contributed by atoms with Gasteiger partial charge in [-0.2, -0.15) is 0 Å². The van der Waals surface area contributed by atoms with Crippen LogP contribution in [0, 0.1) is 22.7 Å². The number of hydrogen-bond acceptors (Lipinski definition) is 2. The first kappa shape index (κ1) is 12.0. The zero-order chi connectivity index (χ0) is 11.9. The van der Waals surface area contributed by atoms with Crippen molar-refractivity contribution in [3.8, 4) is 0 Å². The van der Waals surface area contributed by atoms with Crippen molar-refractivity contribution in [2.24, 2.45) is 22.7 Å². The molecule has 0 heterocycles.